The lowest BCUT2D eigenvalue weighted by molar-refractivity contribution is -0.134. The van der Waals surface area contributed by atoms with Gasteiger partial charge in [-0.25, -0.2) is 4.98 Å². The second kappa shape index (κ2) is 8.01. The standard InChI is InChI=1S/C23H23ClN4O3S/c1-13-7-15(3-4-18(13)24)22(30)26-9-16-8-14(2)28(19(16)10-26)20(29)11-27-12-25-21-17(23(27)31)5-6-32-21/h3-7,12,14,16,19H,8-11H2,1-2H3/t14-,16+,19-/m1/s1. The zero-order chi connectivity index (χ0) is 22.6. The molecular formula is C23H23ClN4O3S. The van der Waals surface area contributed by atoms with E-state index in [1.807, 2.05) is 35.1 Å². The number of rotatable bonds is 3. The van der Waals surface area contributed by atoms with E-state index in [0.717, 1.165) is 12.0 Å². The molecule has 5 rings (SSSR count). The van der Waals surface area contributed by atoms with Gasteiger partial charge in [-0.15, -0.1) is 11.3 Å². The summed E-state index contributed by atoms with van der Waals surface area (Å²) in [7, 11) is 0. The number of hydrogen-bond acceptors (Lipinski definition) is 5. The number of amides is 2. The van der Waals surface area contributed by atoms with E-state index in [1.165, 1.54) is 22.2 Å². The van der Waals surface area contributed by atoms with Gasteiger partial charge < -0.3 is 9.80 Å². The summed E-state index contributed by atoms with van der Waals surface area (Å²) in [6.07, 6.45) is 2.29. The normalized spacial score (nSPS) is 22.5. The van der Waals surface area contributed by atoms with E-state index in [1.54, 1.807) is 18.2 Å². The fourth-order valence-corrected chi connectivity index (χ4v) is 5.91. The van der Waals surface area contributed by atoms with Gasteiger partial charge in [0.2, 0.25) is 5.91 Å². The lowest BCUT2D eigenvalue weighted by Gasteiger charge is -2.29. The minimum atomic E-state index is -0.200. The van der Waals surface area contributed by atoms with Gasteiger partial charge >= 0.3 is 0 Å². The molecule has 4 heterocycles. The van der Waals surface area contributed by atoms with Crippen molar-refractivity contribution in [2.45, 2.75) is 38.9 Å². The lowest BCUT2D eigenvalue weighted by atomic mass is 10.0. The minimum Gasteiger partial charge on any atom is -0.336 e. The third kappa shape index (κ3) is 3.51. The average Bonchev–Trinajstić information content (AvgIpc) is 3.46. The fraction of sp³-hybridized carbons (Fsp3) is 0.391. The van der Waals surface area contributed by atoms with E-state index in [0.29, 0.717) is 33.9 Å². The first-order valence-electron chi connectivity index (χ1n) is 10.6. The number of halogens is 1. The van der Waals surface area contributed by atoms with E-state index >= 15 is 0 Å². The summed E-state index contributed by atoms with van der Waals surface area (Å²) < 4.78 is 1.38. The molecule has 0 unspecified atom stereocenters. The Hall–Kier alpha value is -2.71. The van der Waals surface area contributed by atoms with E-state index in [2.05, 4.69) is 4.98 Å². The van der Waals surface area contributed by atoms with Crippen molar-refractivity contribution in [3.8, 4) is 0 Å². The van der Waals surface area contributed by atoms with Crippen LogP contribution in [-0.4, -0.2) is 56.3 Å². The first-order valence-corrected chi connectivity index (χ1v) is 11.9. The quantitative estimate of drug-likeness (QED) is 0.589. The summed E-state index contributed by atoms with van der Waals surface area (Å²) >= 11 is 7.50. The molecule has 2 fully saturated rings. The number of carbonyl (C=O) groups excluding carboxylic acids is 2. The van der Waals surface area contributed by atoms with Crippen LogP contribution in [0.4, 0.5) is 0 Å². The Balaban J connectivity index is 1.33. The van der Waals surface area contributed by atoms with Crippen LogP contribution in [0.2, 0.25) is 5.02 Å². The number of nitrogens with zero attached hydrogens (tertiary/aromatic N) is 4. The monoisotopic (exact) mass is 470 g/mol. The summed E-state index contributed by atoms with van der Waals surface area (Å²) in [5.41, 5.74) is 1.28. The summed E-state index contributed by atoms with van der Waals surface area (Å²) in [6.45, 7) is 4.99. The molecule has 0 spiro atoms. The first kappa shape index (κ1) is 21.2. The Bertz CT molecular complexity index is 1290. The molecular weight excluding hydrogens is 448 g/mol. The Labute approximate surface area is 194 Å². The van der Waals surface area contributed by atoms with Crippen molar-refractivity contribution >= 4 is 45.0 Å². The van der Waals surface area contributed by atoms with Crippen LogP contribution >= 0.6 is 22.9 Å². The van der Waals surface area contributed by atoms with Gasteiger partial charge in [-0.3, -0.25) is 19.0 Å². The van der Waals surface area contributed by atoms with Crippen LogP contribution in [0, 0.1) is 12.8 Å². The Morgan fingerprint density at radius 1 is 1.25 bits per heavy atom. The van der Waals surface area contributed by atoms with Crippen LogP contribution < -0.4 is 5.56 Å². The molecule has 2 aromatic heterocycles. The molecule has 3 atom stereocenters. The number of fused-ring (bicyclic) bond motifs is 2. The Morgan fingerprint density at radius 2 is 2.06 bits per heavy atom. The van der Waals surface area contributed by atoms with Crippen LogP contribution in [0.1, 0.15) is 29.3 Å². The van der Waals surface area contributed by atoms with Crippen molar-refractivity contribution in [1.29, 1.82) is 0 Å². The molecule has 166 valence electrons. The van der Waals surface area contributed by atoms with Crippen molar-refractivity contribution < 1.29 is 9.59 Å². The molecule has 9 heteroatoms. The van der Waals surface area contributed by atoms with Gasteiger partial charge in [0.25, 0.3) is 11.5 Å². The largest absolute Gasteiger partial charge is 0.336 e. The fourth-order valence-electron chi connectivity index (χ4n) is 5.07. The van der Waals surface area contributed by atoms with Crippen LogP contribution in [0.25, 0.3) is 10.2 Å². The van der Waals surface area contributed by atoms with Gasteiger partial charge in [-0.1, -0.05) is 11.6 Å². The second-order valence-corrected chi connectivity index (χ2v) is 10.0. The SMILES string of the molecule is Cc1cc(C(=O)N2C[C@@H]3C[C@@H](C)N(C(=O)Cn4cnc5sccc5c4=O)[C@@H]3C2)ccc1Cl. The molecule has 2 aliphatic rings. The number of hydrogen-bond donors (Lipinski definition) is 0. The van der Waals surface area contributed by atoms with Crippen molar-refractivity contribution in [3.63, 3.8) is 0 Å². The number of aromatic nitrogens is 2. The maximum absolute atomic E-state index is 13.2. The van der Waals surface area contributed by atoms with Crippen LogP contribution in [0.5, 0.6) is 0 Å². The summed E-state index contributed by atoms with van der Waals surface area (Å²) in [6, 6.07) is 7.07. The third-order valence-electron chi connectivity index (χ3n) is 6.62. The molecule has 32 heavy (non-hydrogen) atoms. The van der Waals surface area contributed by atoms with Gasteiger partial charge in [-0.05, 0) is 55.5 Å². The summed E-state index contributed by atoms with van der Waals surface area (Å²) in [5.74, 6) is 0.0863. The molecule has 2 amide bonds. The number of carbonyl (C=O) groups is 2. The highest BCUT2D eigenvalue weighted by Crippen LogP contribution is 2.36. The van der Waals surface area contributed by atoms with Crippen LogP contribution in [0.3, 0.4) is 0 Å². The van der Waals surface area contributed by atoms with Gasteiger partial charge in [-0.2, -0.15) is 0 Å². The summed E-state index contributed by atoms with van der Waals surface area (Å²) in [4.78, 5) is 47.7. The molecule has 3 aromatic rings. The van der Waals surface area contributed by atoms with Gasteiger partial charge in [0, 0.05) is 35.6 Å². The number of aryl methyl sites for hydroxylation is 1. The van der Waals surface area contributed by atoms with E-state index < -0.39 is 0 Å². The Kier molecular flexibility index (Phi) is 5.29. The van der Waals surface area contributed by atoms with Crippen molar-refractivity contribution in [1.82, 2.24) is 19.4 Å². The molecule has 0 aliphatic carbocycles. The molecule has 7 nitrogen and oxygen atoms in total. The number of thiophene rings is 1. The molecule has 2 aliphatic heterocycles. The van der Waals surface area contributed by atoms with Gasteiger partial charge in [0.15, 0.2) is 0 Å². The smallest absolute Gasteiger partial charge is 0.262 e. The molecule has 0 N–H and O–H groups in total. The van der Waals surface area contributed by atoms with E-state index in [4.69, 9.17) is 11.6 Å². The highest BCUT2D eigenvalue weighted by molar-refractivity contribution is 7.16. The molecule has 0 bridgehead atoms. The van der Waals surface area contributed by atoms with E-state index in [-0.39, 0.29) is 41.9 Å². The number of likely N-dealkylation sites (tertiary alicyclic amines) is 2. The molecule has 0 saturated carbocycles. The first-order chi connectivity index (χ1) is 15.3. The van der Waals surface area contributed by atoms with E-state index in [9.17, 15) is 14.4 Å². The Morgan fingerprint density at radius 3 is 2.84 bits per heavy atom. The third-order valence-corrected chi connectivity index (χ3v) is 7.86. The highest BCUT2D eigenvalue weighted by Gasteiger charge is 2.48. The maximum atomic E-state index is 13.2. The molecule has 1 aromatic carbocycles. The minimum absolute atomic E-state index is 0.0385. The zero-order valence-electron chi connectivity index (χ0n) is 17.8. The average molecular weight is 471 g/mol. The highest BCUT2D eigenvalue weighted by atomic mass is 35.5. The number of benzene rings is 1. The van der Waals surface area contributed by atoms with Gasteiger partial charge in [0.05, 0.1) is 17.8 Å². The molecule has 0 radical (unpaired) electrons. The lowest BCUT2D eigenvalue weighted by Crippen LogP contribution is -2.46. The summed E-state index contributed by atoms with van der Waals surface area (Å²) in [5, 5.41) is 2.99. The maximum Gasteiger partial charge on any atom is 0.262 e. The van der Waals surface area contributed by atoms with Crippen molar-refractivity contribution in [2.24, 2.45) is 5.92 Å². The van der Waals surface area contributed by atoms with Crippen LogP contribution in [0.15, 0.2) is 40.8 Å². The topological polar surface area (TPSA) is 75.5 Å². The molecule has 2 saturated heterocycles. The van der Waals surface area contributed by atoms with Crippen molar-refractivity contribution in [3.05, 3.63) is 62.5 Å². The van der Waals surface area contributed by atoms with Crippen LogP contribution in [-0.2, 0) is 11.3 Å². The predicted octanol–water partition coefficient (Wildman–Crippen LogP) is 3.18. The van der Waals surface area contributed by atoms with Crippen molar-refractivity contribution in [2.75, 3.05) is 13.1 Å². The second-order valence-electron chi connectivity index (χ2n) is 8.70. The van der Waals surface area contributed by atoms with Gasteiger partial charge in [0.1, 0.15) is 11.4 Å². The zero-order valence-corrected chi connectivity index (χ0v) is 19.4. The predicted molar refractivity (Wildman–Crippen MR) is 124 cm³/mol.